The van der Waals surface area contributed by atoms with Crippen LogP contribution in [-0.2, 0) is 6.54 Å². The smallest absolute Gasteiger partial charge is 0.195 e. The van der Waals surface area contributed by atoms with Crippen molar-refractivity contribution in [3.8, 4) is 0 Å². The number of anilines is 1. The van der Waals surface area contributed by atoms with Crippen molar-refractivity contribution in [1.82, 2.24) is 14.7 Å². The molecule has 0 saturated heterocycles. The first-order valence-corrected chi connectivity index (χ1v) is 7.32. The number of imidazole rings is 1. The average molecular weight is 282 g/mol. The highest BCUT2D eigenvalue weighted by Gasteiger charge is 2.18. The minimum Gasteiger partial charge on any atom is -0.395 e. The zero-order valence-electron chi connectivity index (χ0n) is 12.0. The molecule has 0 atom stereocenters. The molecule has 0 unspecified atom stereocenters. The van der Waals surface area contributed by atoms with Crippen molar-refractivity contribution in [2.45, 2.75) is 32.9 Å². The number of rotatable bonds is 5. The molecule has 2 N–H and O–H groups in total. The fraction of sp³-hybridized carbons (Fsp3) is 0.615. The molecule has 19 heavy (non-hydrogen) atoms. The Morgan fingerprint density at radius 2 is 2.21 bits per heavy atom. The molecule has 0 spiro atoms. The Bertz CT molecular complexity index is 540. The van der Waals surface area contributed by atoms with Gasteiger partial charge in [0.2, 0.25) is 0 Å². The summed E-state index contributed by atoms with van der Waals surface area (Å²) in [6, 6.07) is 0. The summed E-state index contributed by atoms with van der Waals surface area (Å²) >= 11 is 1.63. The molecule has 0 aromatic carbocycles. The lowest BCUT2D eigenvalue weighted by atomic mass is 10.1. The third kappa shape index (κ3) is 3.26. The first-order valence-electron chi connectivity index (χ1n) is 6.44. The second kappa shape index (κ2) is 5.48. The van der Waals surface area contributed by atoms with Gasteiger partial charge in [-0.05, 0) is 20.8 Å². The van der Waals surface area contributed by atoms with E-state index in [1.807, 2.05) is 23.5 Å². The van der Waals surface area contributed by atoms with Gasteiger partial charge in [0.15, 0.2) is 10.8 Å². The molecule has 5 nitrogen and oxygen atoms in total. The molecule has 0 aliphatic carbocycles. The second-order valence-electron chi connectivity index (χ2n) is 5.69. The van der Waals surface area contributed by atoms with E-state index in [1.54, 1.807) is 11.3 Å². The maximum Gasteiger partial charge on any atom is 0.195 e. The molecule has 0 amide bonds. The second-order valence-corrected chi connectivity index (χ2v) is 6.56. The van der Waals surface area contributed by atoms with Crippen LogP contribution in [-0.4, -0.2) is 40.2 Å². The van der Waals surface area contributed by atoms with Gasteiger partial charge in [-0.3, -0.25) is 4.40 Å². The van der Waals surface area contributed by atoms with Gasteiger partial charge in [0.1, 0.15) is 0 Å². The van der Waals surface area contributed by atoms with Gasteiger partial charge in [0, 0.05) is 37.3 Å². The molecule has 6 heteroatoms. The Kier molecular flexibility index (Phi) is 4.13. The van der Waals surface area contributed by atoms with Gasteiger partial charge in [-0.25, -0.2) is 4.98 Å². The van der Waals surface area contributed by atoms with Crippen molar-refractivity contribution in [1.29, 1.82) is 0 Å². The van der Waals surface area contributed by atoms with Crippen molar-refractivity contribution >= 4 is 22.1 Å². The Morgan fingerprint density at radius 1 is 1.47 bits per heavy atom. The van der Waals surface area contributed by atoms with Gasteiger partial charge in [0.05, 0.1) is 12.3 Å². The molecule has 2 aromatic rings. The third-order valence-corrected chi connectivity index (χ3v) is 3.68. The summed E-state index contributed by atoms with van der Waals surface area (Å²) in [5.41, 5.74) is 1.20. The molecule has 0 bridgehead atoms. The van der Waals surface area contributed by atoms with Crippen LogP contribution in [0.5, 0.6) is 0 Å². The van der Waals surface area contributed by atoms with Crippen molar-refractivity contribution in [2.75, 3.05) is 25.1 Å². The van der Waals surface area contributed by atoms with E-state index in [1.165, 1.54) is 0 Å². The van der Waals surface area contributed by atoms with Crippen molar-refractivity contribution in [3.05, 3.63) is 17.3 Å². The summed E-state index contributed by atoms with van der Waals surface area (Å²) in [5, 5.41) is 14.6. The number of nitrogens with one attached hydrogen (secondary N) is 1. The van der Waals surface area contributed by atoms with Crippen LogP contribution in [0.2, 0.25) is 0 Å². The summed E-state index contributed by atoms with van der Waals surface area (Å²) < 4.78 is 2.12. The summed E-state index contributed by atoms with van der Waals surface area (Å²) in [4.78, 5) is 7.64. The number of aliphatic hydroxyl groups is 1. The van der Waals surface area contributed by atoms with Gasteiger partial charge >= 0.3 is 0 Å². The minimum absolute atomic E-state index is 0.0625. The van der Waals surface area contributed by atoms with Crippen molar-refractivity contribution in [3.63, 3.8) is 0 Å². The van der Waals surface area contributed by atoms with E-state index in [4.69, 9.17) is 5.11 Å². The molecular weight excluding hydrogens is 260 g/mol. The largest absolute Gasteiger partial charge is 0.395 e. The van der Waals surface area contributed by atoms with E-state index in [-0.39, 0.29) is 12.1 Å². The Morgan fingerprint density at radius 3 is 2.84 bits per heavy atom. The lowest BCUT2D eigenvalue weighted by Gasteiger charge is -2.22. The maximum atomic E-state index is 9.08. The number of thiazole rings is 1. The zero-order chi connectivity index (χ0) is 14.0. The van der Waals surface area contributed by atoms with Gasteiger partial charge in [-0.2, -0.15) is 0 Å². The van der Waals surface area contributed by atoms with Gasteiger partial charge < -0.3 is 15.3 Å². The van der Waals surface area contributed by atoms with E-state index < -0.39 is 0 Å². The van der Waals surface area contributed by atoms with E-state index in [0.717, 1.165) is 23.0 Å². The number of aromatic nitrogens is 2. The van der Waals surface area contributed by atoms with Crippen molar-refractivity contribution < 1.29 is 5.11 Å². The van der Waals surface area contributed by atoms with Gasteiger partial charge in [0.25, 0.3) is 0 Å². The van der Waals surface area contributed by atoms with Crippen LogP contribution in [0.4, 0.5) is 5.82 Å². The normalized spacial score (nSPS) is 12.3. The summed E-state index contributed by atoms with van der Waals surface area (Å²) in [5.74, 6) is 0.942. The van der Waals surface area contributed by atoms with Crippen LogP contribution in [0.3, 0.4) is 0 Å². The molecule has 2 heterocycles. The molecular formula is C13H22N4OS. The number of hydrogen-bond donors (Lipinski definition) is 2. The number of fused-ring (bicyclic) bond motifs is 1. The van der Waals surface area contributed by atoms with Crippen LogP contribution in [0, 0.1) is 0 Å². The minimum atomic E-state index is 0.0625. The highest BCUT2D eigenvalue weighted by atomic mass is 32.1. The highest BCUT2D eigenvalue weighted by molar-refractivity contribution is 7.15. The Hall–Kier alpha value is -1.11. The third-order valence-electron chi connectivity index (χ3n) is 2.92. The Labute approximate surface area is 117 Å². The average Bonchev–Trinajstić information content (AvgIpc) is 2.85. The molecule has 2 rings (SSSR count). The van der Waals surface area contributed by atoms with E-state index in [2.05, 4.69) is 35.5 Å². The predicted octanol–water partition coefficient (Wildman–Crippen LogP) is 1.71. The summed E-state index contributed by atoms with van der Waals surface area (Å²) in [6.07, 6.45) is 2.04. The molecule has 0 aliphatic rings. The fourth-order valence-electron chi connectivity index (χ4n) is 1.90. The predicted molar refractivity (Wildman–Crippen MR) is 80.0 cm³/mol. The van der Waals surface area contributed by atoms with Crippen LogP contribution < -0.4 is 10.2 Å². The number of likely N-dealkylation sites (N-methyl/N-ethyl adjacent to an activating group) is 1. The zero-order valence-corrected chi connectivity index (χ0v) is 12.8. The van der Waals surface area contributed by atoms with Gasteiger partial charge in [-0.1, -0.05) is 0 Å². The topological polar surface area (TPSA) is 52.8 Å². The highest BCUT2D eigenvalue weighted by Crippen LogP contribution is 2.24. The quantitative estimate of drug-likeness (QED) is 0.876. The lowest BCUT2D eigenvalue weighted by Crippen LogP contribution is -2.36. The molecule has 2 aromatic heterocycles. The van der Waals surface area contributed by atoms with Crippen LogP contribution in [0.1, 0.15) is 26.5 Å². The van der Waals surface area contributed by atoms with Crippen LogP contribution >= 0.6 is 11.3 Å². The lowest BCUT2D eigenvalue weighted by molar-refractivity contribution is 0.303. The molecule has 0 fully saturated rings. The maximum absolute atomic E-state index is 9.08. The van der Waals surface area contributed by atoms with Crippen LogP contribution in [0.25, 0.3) is 4.96 Å². The van der Waals surface area contributed by atoms with E-state index >= 15 is 0 Å². The first-order chi connectivity index (χ1) is 8.92. The number of hydrogen-bond acceptors (Lipinski definition) is 5. The van der Waals surface area contributed by atoms with Gasteiger partial charge in [-0.15, -0.1) is 11.3 Å². The number of aliphatic hydroxyl groups excluding tert-OH is 1. The molecule has 0 aliphatic heterocycles. The number of nitrogens with zero attached hydrogens (tertiary/aromatic N) is 3. The monoisotopic (exact) mass is 282 g/mol. The molecule has 106 valence electrons. The fourth-order valence-corrected chi connectivity index (χ4v) is 2.62. The first kappa shape index (κ1) is 14.3. The van der Waals surface area contributed by atoms with E-state index in [9.17, 15) is 0 Å². The van der Waals surface area contributed by atoms with Crippen LogP contribution in [0.15, 0.2) is 11.6 Å². The van der Waals surface area contributed by atoms with Crippen molar-refractivity contribution in [2.24, 2.45) is 0 Å². The SMILES string of the molecule is CN(CCO)c1nc2sccn2c1CNC(C)(C)C. The molecule has 0 radical (unpaired) electrons. The summed E-state index contributed by atoms with van der Waals surface area (Å²) in [6.45, 7) is 7.93. The Balaban J connectivity index is 2.31. The molecule has 0 saturated carbocycles. The summed E-state index contributed by atoms with van der Waals surface area (Å²) in [7, 11) is 1.96. The van der Waals surface area contributed by atoms with E-state index in [0.29, 0.717) is 6.54 Å². The standard InChI is InChI=1S/C13H22N4OS/c1-13(2,3)14-9-10-11(16(4)5-7-18)15-12-17(10)6-8-19-12/h6,8,14,18H,5,7,9H2,1-4H3.